The lowest BCUT2D eigenvalue weighted by atomic mass is 10.1. The van der Waals surface area contributed by atoms with Gasteiger partial charge in [0.15, 0.2) is 0 Å². The first-order valence-electron chi connectivity index (χ1n) is 7.43. The molecule has 0 N–H and O–H groups in total. The van der Waals surface area contributed by atoms with Crippen molar-refractivity contribution in [1.82, 2.24) is 4.57 Å². The van der Waals surface area contributed by atoms with Crippen LogP contribution in [-0.4, -0.2) is 4.57 Å². The van der Waals surface area contributed by atoms with Crippen LogP contribution in [0, 0.1) is 0 Å². The molecule has 22 heavy (non-hydrogen) atoms. The minimum absolute atomic E-state index is 0.925. The molecule has 4 rings (SSSR count). The standard InChI is InChI=1S/C20H17NO/c1-4-8-17-13(5-2)15-12-20-16(11-18(15)21(17)3)14-9-6-7-10-19(14)22-20/h4-12H,2H2,1,3H3/b8-4-. The summed E-state index contributed by atoms with van der Waals surface area (Å²) < 4.78 is 8.22. The first kappa shape index (κ1) is 13.0. The second-order valence-electron chi connectivity index (χ2n) is 5.53. The van der Waals surface area contributed by atoms with Crippen LogP contribution in [0.15, 0.2) is 53.5 Å². The minimum atomic E-state index is 0.925. The fraction of sp³-hybridized carbons (Fsp3) is 0.100. The predicted octanol–water partition coefficient (Wildman–Crippen LogP) is 5.75. The van der Waals surface area contributed by atoms with Gasteiger partial charge in [0.25, 0.3) is 0 Å². The molecule has 0 saturated heterocycles. The van der Waals surface area contributed by atoms with Gasteiger partial charge in [0.05, 0.1) is 0 Å². The maximum Gasteiger partial charge on any atom is 0.136 e. The van der Waals surface area contributed by atoms with Crippen LogP contribution in [0.5, 0.6) is 0 Å². The molecule has 2 aromatic carbocycles. The van der Waals surface area contributed by atoms with Gasteiger partial charge in [-0.3, -0.25) is 0 Å². The summed E-state index contributed by atoms with van der Waals surface area (Å²) in [6, 6.07) is 12.5. The molecule has 108 valence electrons. The van der Waals surface area contributed by atoms with Gasteiger partial charge in [0.1, 0.15) is 11.2 Å². The summed E-state index contributed by atoms with van der Waals surface area (Å²) in [5, 5.41) is 3.50. The molecule has 0 spiro atoms. The number of nitrogens with zero attached hydrogens (tertiary/aromatic N) is 1. The lowest BCUT2D eigenvalue weighted by Crippen LogP contribution is -1.90. The van der Waals surface area contributed by atoms with Gasteiger partial charge < -0.3 is 8.98 Å². The van der Waals surface area contributed by atoms with E-state index < -0.39 is 0 Å². The number of rotatable bonds is 2. The van der Waals surface area contributed by atoms with E-state index in [1.54, 1.807) is 0 Å². The molecule has 0 radical (unpaired) electrons. The van der Waals surface area contributed by atoms with Crippen LogP contribution in [0.4, 0.5) is 0 Å². The van der Waals surface area contributed by atoms with Crippen molar-refractivity contribution in [3.8, 4) is 0 Å². The Balaban J connectivity index is 2.20. The van der Waals surface area contributed by atoms with Crippen LogP contribution in [0.1, 0.15) is 18.2 Å². The van der Waals surface area contributed by atoms with Gasteiger partial charge in [-0.1, -0.05) is 36.9 Å². The van der Waals surface area contributed by atoms with Crippen LogP contribution in [0.3, 0.4) is 0 Å². The number of para-hydroxylation sites is 1. The molecule has 0 aliphatic rings. The summed E-state index contributed by atoms with van der Waals surface area (Å²) in [5.41, 5.74) is 5.38. The molecule has 2 heterocycles. The second-order valence-corrected chi connectivity index (χ2v) is 5.53. The third-order valence-corrected chi connectivity index (χ3v) is 4.31. The van der Waals surface area contributed by atoms with Gasteiger partial charge in [-0.15, -0.1) is 0 Å². The molecule has 0 unspecified atom stereocenters. The van der Waals surface area contributed by atoms with Crippen LogP contribution in [-0.2, 0) is 7.05 Å². The Kier molecular flexibility index (Phi) is 2.73. The quantitative estimate of drug-likeness (QED) is 0.459. The smallest absolute Gasteiger partial charge is 0.136 e. The molecule has 0 saturated carbocycles. The van der Waals surface area contributed by atoms with Gasteiger partial charge in [-0.25, -0.2) is 0 Å². The highest BCUT2D eigenvalue weighted by Gasteiger charge is 2.14. The first-order chi connectivity index (χ1) is 10.7. The largest absolute Gasteiger partial charge is 0.456 e. The summed E-state index contributed by atoms with van der Waals surface area (Å²) in [7, 11) is 2.10. The van der Waals surface area contributed by atoms with E-state index in [0.29, 0.717) is 0 Å². The maximum atomic E-state index is 6.01. The molecule has 2 aromatic heterocycles. The van der Waals surface area contributed by atoms with E-state index in [4.69, 9.17) is 4.42 Å². The van der Waals surface area contributed by atoms with E-state index in [1.807, 2.05) is 31.2 Å². The molecule has 2 heteroatoms. The van der Waals surface area contributed by atoms with E-state index in [2.05, 4.69) is 48.5 Å². The number of fused-ring (bicyclic) bond motifs is 4. The predicted molar refractivity (Wildman–Crippen MR) is 95.0 cm³/mol. The third-order valence-electron chi connectivity index (χ3n) is 4.31. The second kappa shape index (κ2) is 4.63. The topological polar surface area (TPSA) is 18.1 Å². The molecule has 2 nitrogen and oxygen atoms in total. The van der Waals surface area contributed by atoms with Crippen LogP contribution in [0.2, 0.25) is 0 Å². The van der Waals surface area contributed by atoms with E-state index in [1.165, 1.54) is 16.6 Å². The number of hydrogen-bond donors (Lipinski definition) is 0. The Morgan fingerprint density at radius 3 is 2.64 bits per heavy atom. The summed E-state index contributed by atoms with van der Waals surface area (Å²) in [6.45, 7) is 6.01. The van der Waals surface area contributed by atoms with Crippen molar-refractivity contribution in [2.45, 2.75) is 6.92 Å². The number of aromatic nitrogens is 1. The minimum Gasteiger partial charge on any atom is -0.456 e. The number of benzene rings is 2. The van der Waals surface area contributed by atoms with Gasteiger partial charge in [0.2, 0.25) is 0 Å². The van der Waals surface area contributed by atoms with E-state index in [-0.39, 0.29) is 0 Å². The lowest BCUT2D eigenvalue weighted by Gasteiger charge is -1.99. The van der Waals surface area contributed by atoms with Gasteiger partial charge in [-0.2, -0.15) is 0 Å². The summed E-state index contributed by atoms with van der Waals surface area (Å²) >= 11 is 0. The SMILES string of the molecule is C=Cc1c(/C=C\C)n(C)c2cc3c(cc12)oc1ccccc13. The average molecular weight is 287 g/mol. The van der Waals surface area contributed by atoms with Gasteiger partial charge in [-0.05, 0) is 31.2 Å². The van der Waals surface area contributed by atoms with Gasteiger partial charge >= 0.3 is 0 Å². The molecule has 0 aliphatic carbocycles. The van der Waals surface area contributed by atoms with Crippen molar-refractivity contribution in [2.75, 3.05) is 0 Å². The highest BCUT2D eigenvalue weighted by atomic mass is 16.3. The molecule has 0 atom stereocenters. The zero-order chi connectivity index (χ0) is 15.3. The highest BCUT2D eigenvalue weighted by Crippen LogP contribution is 2.35. The lowest BCUT2D eigenvalue weighted by molar-refractivity contribution is 0.669. The fourth-order valence-electron chi connectivity index (χ4n) is 3.28. The number of allylic oxidation sites excluding steroid dienone is 1. The fourth-order valence-corrected chi connectivity index (χ4v) is 3.28. The average Bonchev–Trinajstić information content (AvgIpc) is 3.02. The molecule has 0 amide bonds. The van der Waals surface area contributed by atoms with Crippen LogP contribution >= 0.6 is 0 Å². The molecule has 0 aliphatic heterocycles. The van der Waals surface area contributed by atoms with Crippen molar-refractivity contribution in [3.63, 3.8) is 0 Å². The molecule has 4 aromatic rings. The normalized spacial score (nSPS) is 12.1. The van der Waals surface area contributed by atoms with E-state index >= 15 is 0 Å². The maximum absolute atomic E-state index is 6.01. The van der Waals surface area contributed by atoms with Gasteiger partial charge in [0, 0.05) is 40.0 Å². The zero-order valence-electron chi connectivity index (χ0n) is 12.8. The third kappa shape index (κ3) is 1.61. The van der Waals surface area contributed by atoms with Crippen LogP contribution < -0.4 is 0 Å². The Bertz CT molecular complexity index is 1060. The molecular formula is C20H17NO. The first-order valence-corrected chi connectivity index (χ1v) is 7.43. The summed E-state index contributed by atoms with van der Waals surface area (Å²) in [6.07, 6.45) is 6.10. The number of aryl methyl sites for hydroxylation is 1. The molecule has 0 bridgehead atoms. The Morgan fingerprint density at radius 1 is 1.05 bits per heavy atom. The van der Waals surface area contributed by atoms with Crippen molar-refractivity contribution < 1.29 is 4.42 Å². The Hall–Kier alpha value is -2.74. The van der Waals surface area contributed by atoms with Crippen molar-refractivity contribution in [3.05, 3.63) is 60.3 Å². The van der Waals surface area contributed by atoms with Crippen molar-refractivity contribution >= 4 is 45.0 Å². The highest BCUT2D eigenvalue weighted by molar-refractivity contribution is 6.11. The van der Waals surface area contributed by atoms with E-state index in [9.17, 15) is 0 Å². The summed E-state index contributed by atoms with van der Waals surface area (Å²) in [4.78, 5) is 0. The summed E-state index contributed by atoms with van der Waals surface area (Å²) in [5.74, 6) is 0. The van der Waals surface area contributed by atoms with Crippen molar-refractivity contribution in [2.24, 2.45) is 7.05 Å². The molecule has 0 fully saturated rings. The van der Waals surface area contributed by atoms with Crippen molar-refractivity contribution in [1.29, 1.82) is 0 Å². The monoisotopic (exact) mass is 287 g/mol. The molecular weight excluding hydrogens is 270 g/mol. The van der Waals surface area contributed by atoms with Crippen LogP contribution in [0.25, 0.3) is 45.0 Å². The van der Waals surface area contributed by atoms with E-state index in [0.717, 1.165) is 27.5 Å². The zero-order valence-corrected chi connectivity index (χ0v) is 12.8. The Morgan fingerprint density at radius 2 is 1.86 bits per heavy atom. The number of furan rings is 1. The Labute approximate surface area is 129 Å². The number of hydrogen-bond acceptors (Lipinski definition) is 1.